The Kier molecular flexibility index (Phi) is 4.93. The van der Waals surface area contributed by atoms with Crippen LogP contribution >= 0.6 is 0 Å². The van der Waals surface area contributed by atoms with E-state index in [1.807, 2.05) is 6.92 Å². The van der Waals surface area contributed by atoms with E-state index in [9.17, 15) is 13.2 Å². The highest BCUT2D eigenvalue weighted by atomic mass is 32.2. The van der Waals surface area contributed by atoms with Crippen molar-refractivity contribution in [2.45, 2.75) is 24.3 Å². The standard InChI is InChI=1S/C14H24N4O3S/c1-11-5-7-18(8-6-15-11)22(20,21)12-9-13(17(4)10-12)14(19)16(2)3/h9-11,15H,5-8H2,1-4H3. The lowest BCUT2D eigenvalue weighted by atomic mass is 10.2. The maximum atomic E-state index is 12.8. The molecule has 2 heterocycles. The average Bonchev–Trinajstić information content (AvgIpc) is 2.69. The molecular formula is C14H24N4O3S. The van der Waals surface area contributed by atoms with Crippen LogP contribution in [0.3, 0.4) is 0 Å². The van der Waals surface area contributed by atoms with Gasteiger partial charge in [-0.15, -0.1) is 0 Å². The summed E-state index contributed by atoms with van der Waals surface area (Å²) in [6.45, 7) is 3.62. The van der Waals surface area contributed by atoms with Crippen LogP contribution in [0.1, 0.15) is 23.8 Å². The minimum atomic E-state index is -3.57. The fourth-order valence-corrected chi connectivity index (χ4v) is 4.02. The van der Waals surface area contributed by atoms with Crippen molar-refractivity contribution in [1.82, 2.24) is 19.1 Å². The number of nitrogens with zero attached hydrogens (tertiary/aromatic N) is 3. The van der Waals surface area contributed by atoms with Crippen molar-refractivity contribution < 1.29 is 13.2 Å². The molecule has 1 aliphatic rings. The Morgan fingerprint density at radius 3 is 2.68 bits per heavy atom. The molecule has 2 rings (SSSR count). The summed E-state index contributed by atoms with van der Waals surface area (Å²) in [5, 5.41) is 3.28. The quantitative estimate of drug-likeness (QED) is 0.854. The molecular weight excluding hydrogens is 304 g/mol. The lowest BCUT2D eigenvalue weighted by Gasteiger charge is -2.18. The van der Waals surface area contributed by atoms with Crippen LogP contribution < -0.4 is 5.32 Å². The Balaban J connectivity index is 2.30. The molecule has 1 amide bonds. The van der Waals surface area contributed by atoms with Gasteiger partial charge in [0.1, 0.15) is 10.6 Å². The number of carbonyl (C=O) groups is 1. The Morgan fingerprint density at radius 2 is 2.05 bits per heavy atom. The van der Waals surface area contributed by atoms with Crippen LogP contribution in [0.2, 0.25) is 0 Å². The molecule has 1 aromatic heterocycles. The second-order valence-electron chi connectivity index (χ2n) is 5.92. The summed E-state index contributed by atoms with van der Waals surface area (Å²) < 4.78 is 28.6. The van der Waals surface area contributed by atoms with Gasteiger partial charge in [0.25, 0.3) is 5.91 Å². The Hall–Kier alpha value is -1.38. The fourth-order valence-electron chi connectivity index (χ4n) is 2.49. The minimum Gasteiger partial charge on any atom is -0.345 e. The van der Waals surface area contributed by atoms with Crippen molar-refractivity contribution in [3.05, 3.63) is 18.0 Å². The van der Waals surface area contributed by atoms with E-state index in [1.54, 1.807) is 25.7 Å². The molecule has 1 aliphatic heterocycles. The van der Waals surface area contributed by atoms with Crippen molar-refractivity contribution in [1.29, 1.82) is 0 Å². The Labute approximate surface area is 131 Å². The van der Waals surface area contributed by atoms with Crippen molar-refractivity contribution in [3.63, 3.8) is 0 Å². The zero-order valence-corrected chi connectivity index (χ0v) is 14.4. The highest BCUT2D eigenvalue weighted by Crippen LogP contribution is 2.20. The van der Waals surface area contributed by atoms with Gasteiger partial charge in [-0.05, 0) is 19.4 Å². The first-order valence-electron chi connectivity index (χ1n) is 7.35. The monoisotopic (exact) mass is 328 g/mol. The van der Waals surface area contributed by atoms with Crippen molar-refractivity contribution in [2.75, 3.05) is 33.7 Å². The van der Waals surface area contributed by atoms with Crippen molar-refractivity contribution in [2.24, 2.45) is 7.05 Å². The summed E-state index contributed by atoms with van der Waals surface area (Å²) in [7, 11) is 1.40. The smallest absolute Gasteiger partial charge is 0.269 e. The summed E-state index contributed by atoms with van der Waals surface area (Å²) in [6, 6.07) is 1.77. The summed E-state index contributed by atoms with van der Waals surface area (Å²) in [4.78, 5) is 13.7. The van der Waals surface area contributed by atoms with Crippen LogP contribution in [-0.4, -0.2) is 67.9 Å². The number of carbonyl (C=O) groups excluding carboxylic acids is 1. The first kappa shape index (κ1) is 17.0. The van der Waals surface area contributed by atoms with E-state index in [-0.39, 0.29) is 10.8 Å². The highest BCUT2D eigenvalue weighted by molar-refractivity contribution is 7.89. The second kappa shape index (κ2) is 6.39. The number of aryl methyl sites for hydroxylation is 1. The summed E-state index contributed by atoms with van der Waals surface area (Å²) in [6.07, 6.45) is 2.28. The minimum absolute atomic E-state index is 0.176. The third-order valence-corrected chi connectivity index (χ3v) is 5.77. The first-order chi connectivity index (χ1) is 10.2. The largest absolute Gasteiger partial charge is 0.345 e. The average molecular weight is 328 g/mol. The molecule has 124 valence electrons. The van der Waals surface area contributed by atoms with Crippen LogP contribution in [0.25, 0.3) is 0 Å². The van der Waals surface area contributed by atoms with Gasteiger partial charge in [-0.3, -0.25) is 4.79 Å². The predicted octanol–water partition coefficient (Wildman–Crippen LogP) is 0.0994. The number of rotatable bonds is 3. The van der Waals surface area contributed by atoms with Gasteiger partial charge in [-0.1, -0.05) is 0 Å². The first-order valence-corrected chi connectivity index (χ1v) is 8.79. The van der Waals surface area contributed by atoms with Gasteiger partial charge in [0.2, 0.25) is 10.0 Å². The molecule has 0 aromatic carbocycles. The molecule has 0 saturated carbocycles. The molecule has 22 heavy (non-hydrogen) atoms. The van der Waals surface area contributed by atoms with Crippen LogP contribution in [0.5, 0.6) is 0 Å². The maximum Gasteiger partial charge on any atom is 0.269 e. The molecule has 7 nitrogen and oxygen atoms in total. The van der Waals surface area contributed by atoms with Gasteiger partial charge in [-0.25, -0.2) is 8.42 Å². The van der Waals surface area contributed by atoms with Gasteiger partial charge in [-0.2, -0.15) is 4.31 Å². The van der Waals surface area contributed by atoms with Crippen molar-refractivity contribution >= 4 is 15.9 Å². The molecule has 0 radical (unpaired) electrons. The lowest BCUT2D eigenvalue weighted by molar-refractivity contribution is 0.0818. The summed E-state index contributed by atoms with van der Waals surface area (Å²) >= 11 is 0. The predicted molar refractivity (Wildman–Crippen MR) is 84.3 cm³/mol. The maximum absolute atomic E-state index is 12.8. The van der Waals surface area contributed by atoms with Gasteiger partial charge in [0.15, 0.2) is 0 Å². The number of hydrogen-bond donors (Lipinski definition) is 1. The van der Waals surface area contributed by atoms with E-state index in [2.05, 4.69) is 5.32 Å². The van der Waals surface area contributed by atoms with E-state index in [0.29, 0.717) is 31.4 Å². The van der Waals surface area contributed by atoms with E-state index in [0.717, 1.165) is 6.42 Å². The Bertz CT molecular complexity index is 651. The third-order valence-electron chi connectivity index (χ3n) is 3.91. The molecule has 0 aliphatic carbocycles. The lowest BCUT2D eigenvalue weighted by Crippen LogP contribution is -2.34. The van der Waals surface area contributed by atoms with Gasteiger partial charge in [0, 0.05) is 53.0 Å². The van der Waals surface area contributed by atoms with Gasteiger partial charge in [0.05, 0.1) is 0 Å². The molecule has 1 fully saturated rings. The number of amides is 1. The summed E-state index contributed by atoms with van der Waals surface area (Å²) in [5.74, 6) is -0.213. The summed E-state index contributed by atoms with van der Waals surface area (Å²) in [5.41, 5.74) is 0.366. The highest BCUT2D eigenvalue weighted by Gasteiger charge is 2.29. The zero-order valence-electron chi connectivity index (χ0n) is 13.5. The number of sulfonamides is 1. The van der Waals surface area contributed by atoms with Crippen LogP contribution in [0.4, 0.5) is 0 Å². The SMILES string of the molecule is CC1CCN(S(=O)(=O)c2cc(C(=O)N(C)C)n(C)c2)CCN1. The van der Waals surface area contributed by atoms with Gasteiger partial charge >= 0.3 is 0 Å². The number of nitrogens with one attached hydrogen (secondary N) is 1. The second-order valence-corrected chi connectivity index (χ2v) is 7.86. The number of hydrogen-bond acceptors (Lipinski definition) is 4. The van der Waals surface area contributed by atoms with E-state index >= 15 is 0 Å². The molecule has 0 spiro atoms. The molecule has 1 saturated heterocycles. The van der Waals surface area contributed by atoms with E-state index in [1.165, 1.54) is 21.5 Å². The fraction of sp³-hybridized carbons (Fsp3) is 0.643. The Morgan fingerprint density at radius 1 is 1.36 bits per heavy atom. The molecule has 1 N–H and O–H groups in total. The molecule has 1 unspecified atom stereocenters. The molecule has 8 heteroatoms. The number of aromatic nitrogens is 1. The van der Waals surface area contributed by atoms with Crippen molar-refractivity contribution in [3.8, 4) is 0 Å². The molecule has 1 aromatic rings. The molecule has 0 bridgehead atoms. The van der Waals surface area contributed by atoms with E-state index < -0.39 is 10.0 Å². The van der Waals surface area contributed by atoms with Crippen LogP contribution in [0.15, 0.2) is 17.2 Å². The van der Waals surface area contributed by atoms with Gasteiger partial charge < -0.3 is 14.8 Å². The van der Waals surface area contributed by atoms with E-state index in [4.69, 9.17) is 0 Å². The third kappa shape index (κ3) is 3.34. The van der Waals surface area contributed by atoms with Crippen LogP contribution in [-0.2, 0) is 17.1 Å². The molecule has 1 atom stereocenters. The zero-order chi connectivity index (χ0) is 16.5. The normalized spacial score (nSPS) is 20.6. The van der Waals surface area contributed by atoms with Crippen LogP contribution in [0, 0.1) is 0 Å². The topological polar surface area (TPSA) is 74.7 Å².